The molecule has 126 valence electrons. The Morgan fingerprint density at radius 2 is 2.04 bits per heavy atom. The van der Waals surface area contributed by atoms with Crippen molar-refractivity contribution < 1.29 is 17.3 Å². The summed E-state index contributed by atoms with van der Waals surface area (Å²) in [7, 11) is -2.47. The van der Waals surface area contributed by atoms with Crippen LogP contribution in [-0.2, 0) is 23.3 Å². The molecular formula is C14H17ClFN3O3S. The molecule has 6 nitrogen and oxygen atoms in total. The summed E-state index contributed by atoms with van der Waals surface area (Å²) in [6.45, 7) is 3.29. The molecule has 1 heterocycles. The molecule has 0 aliphatic carbocycles. The van der Waals surface area contributed by atoms with Crippen LogP contribution in [0.2, 0.25) is 5.02 Å². The first-order valence-electron chi connectivity index (χ1n) is 6.78. The summed E-state index contributed by atoms with van der Waals surface area (Å²) in [6, 6.07) is 4.21. The van der Waals surface area contributed by atoms with E-state index >= 15 is 0 Å². The zero-order valence-electron chi connectivity index (χ0n) is 12.9. The van der Waals surface area contributed by atoms with Gasteiger partial charge < -0.3 is 4.52 Å². The van der Waals surface area contributed by atoms with E-state index in [2.05, 4.69) is 9.88 Å². The van der Waals surface area contributed by atoms with Gasteiger partial charge in [0, 0.05) is 36.3 Å². The Morgan fingerprint density at radius 1 is 1.35 bits per heavy atom. The molecule has 2 rings (SSSR count). The minimum absolute atomic E-state index is 0.0405. The van der Waals surface area contributed by atoms with Gasteiger partial charge in [-0.1, -0.05) is 22.8 Å². The Hall–Kier alpha value is -1.48. The van der Waals surface area contributed by atoms with Gasteiger partial charge in [0.1, 0.15) is 11.6 Å². The van der Waals surface area contributed by atoms with Gasteiger partial charge in [-0.25, -0.2) is 4.39 Å². The lowest BCUT2D eigenvalue weighted by Crippen LogP contribution is -2.37. The van der Waals surface area contributed by atoms with Gasteiger partial charge in [-0.3, -0.25) is 0 Å². The monoisotopic (exact) mass is 361 g/mol. The van der Waals surface area contributed by atoms with E-state index in [0.717, 1.165) is 4.31 Å². The molecule has 0 aliphatic heterocycles. The lowest BCUT2D eigenvalue weighted by Gasteiger charge is -2.18. The summed E-state index contributed by atoms with van der Waals surface area (Å²) in [6.07, 6.45) is 0. The largest absolute Gasteiger partial charge is 0.361 e. The molecule has 9 heteroatoms. The number of hydrogen-bond donors (Lipinski definition) is 1. The molecule has 1 N–H and O–H groups in total. The fourth-order valence-electron chi connectivity index (χ4n) is 2.02. The minimum Gasteiger partial charge on any atom is -0.361 e. The molecule has 0 saturated heterocycles. The third-order valence-corrected chi connectivity index (χ3v) is 5.28. The van der Waals surface area contributed by atoms with Gasteiger partial charge in [0.2, 0.25) is 0 Å². The van der Waals surface area contributed by atoms with Crippen LogP contribution in [0.4, 0.5) is 4.39 Å². The number of nitrogens with one attached hydrogen (secondary N) is 1. The highest BCUT2D eigenvalue weighted by Crippen LogP contribution is 2.21. The van der Waals surface area contributed by atoms with Crippen molar-refractivity contribution in [3.8, 4) is 0 Å². The number of aromatic nitrogens is 1. The normalized spacial score (nSPS) is 12.1. The smallest absolute Gasteiger partial charge is 0.279 e. The topological polar surface area (TPSA) is 75.4 Å². The van der Waals surface area contributed by atoms with Crippen LogP contribution in [0, 0.1) is 19.7 Å². The van der Waals surface area contributed by atoms with E-state index in [0.29, 0.717) is 17.0 Å². The molecule has 0 aliphatic rings. The van der Waals surface area contributed by atoms with Crippen LogP contribution in [0.5, 0.6) is 0 Å². The van der Waals surface area contributed by atoms with Crippen molar-refractivity contribution in [3.05, 3.63) is 51.6 Å². The van der Waals surface area contributed by atoms with Crippen molar-refractivity contribution in [1.29, 1.82) is 0 Å². The molecule has 0 saturated carbocycles. The Kier molecular flexibility index (Phi) is 5.41. The Balaban J connectivity index is 2.10. The first-order valence-corrected chi connectivity index (χ1v) is 8.59. The van der Waals surface area contributed by atoms with E-state index in [9.17, 15) is 12.8 Å². The maximum absolute atomic E-state index is 13.8. The molecule has 0 amide bonds. The first-order chi connectivity index (χ1) is 10.7. The second-order valence-corrected chi connectivity index (χ2v) is 7.35. The van der Waals surface area contributed by atoms with Crippen LogP contribution in [0.25, 0.3) is 0 Å². The number of aryl methyl sites for hydroxylation is 2. The number of nitrogens with zero attached hydrogens (tertiary/aromatic N) is 2. The summed E-state index contributed by atoms with van der Waals surface area (Å²) in [4.78, 5) is 0. The van der Waals surface area contributed by atoms with Crippen molar-refractivity contribution in [2.75, 3.05) is 7.05 Å². The summed E-state index contributed by atoms with van der Waals surface area (Å²) in [5, 5.41) is 3.94. The van der Waals surface area contributed by atoms with Crippen LogP contribution in [0.1, 0.15) is 22.6 Å². The molecule has 0 unspecified atom stereocenters. The average molecular weight is 362 g/mol. The maximum atomic E-state index is 13.8. The van der Waals surface area contributed by atoms with Gasteiger partial charge in [-0.15, -0.1) is 0 Å². The van der Waals surface area contributed by atoms with Crippen molar-refractivity contribution in [2.24, 2.45) is 0 Å². The predicted molar refractivity (Wildman–Crippen MR) is 84.6 cm³/mol. The number of halogens is 2. The molecule has 0 spiro atoms. The summed E-state index contributed by atoms with van der Waals surface area (Å²) in [5.74, 6) is -0.00438. The lowest BCUT2D eigenvalue weighted by molar-refractivity contribution is 0.392. The quantitative estimate of drug-likeness (QED) is 0.858. The predicted octanol–water partition coefficient (Wildman–Crippen LogP) is 2.55. The Morgan fingerprint density at radius 3 is 2.61 bits per heavy atom. The molecular weight excluding hydrogens is 345 g/mol. The standard InChI is InChI=1S/C14H17ClFN3O3S/c1-9-11(10(2)22-18-9)7-17-23(20,21)19(3)8-12-13(15)5-4-6-14(12)16/h4-6,17H,7-8H2,1-3H3. The molecule has 0 radical (unpaired) electrons. The molecule has 1 aromatic heterocycles. The van der Waals surface area contributed by atoms with E-state index in [-0.39, 0.29) is 23.7 Å². The summed E-state index contributed by atoms with van der Waals surface area (Å²) < 4.78 is 46.7. The van der Waals surface area contributed by atoms with Crippen molar-refractivity contribution in [3.63, 3.8) is 0 Å². The van der Waals surface area contributed by atoms with Gasteiger partial charge in [-0.2, -0.15) is 17.4 Å². The van der Waals surface area contributed by atoms with E-state index in [1.54, 1.807) is 13.8 Å². The van der Waals surface area contributed by atoms with E-state index in [1.165, 1.54) is 25.2 Å². The third-order valence-electron chi connectivity index (χ3n) is 3.47. The van der Waals surface area contributed by atoms with Gasteiger partial charge in [0.25, 0.3) is 10.2 Å². The molecule has 23 heavy (non-hydrogen) atoms. The van der Waals surface area contributed by atoms with Crippen LogP contribution >= 0.6 is 11.6 Å². The molecule has 0 atom stereocenters. The zero-order valence-corrected chi connectivity index (χ0v) is 14.5. The first kappa shape index (κ1) is 17.9. The number of rotatable bonds is 6. The van der Waals surface area contributed by atoms with Crippen LogP contribution in [0.15, 0.2) is 22.7 Å². The Labute approximate surface area is 139 Å². The van der Waals surface area contributed by atoms with E-state index in [4.69, 9.17) is 16.1 Å². The fraction of sp³-hybridized carbons (Fsp3) is 0.357. The minimum atomic E-state index is -3.81. The van der Waals surface area contributed by atoms with E-state index in [1.807, 2.05) is 0 Å². The molecule has 0 bridgehead atoms. The second kappa shape index (κ2) is 6.96. The highest BCUT2D eigenvalue weighted by atomic mass is 35.5. The van der Waals surface area contributed by atoms with Crippen LogP contribution in [-0.4, -0.2) is 24.9 Å². The molecule has 0 fully saturated rings. The number of hydrogen-bond acceptors (Lipinski definition) is 4. The van der Waals surface area contributed by atoms with Gasteiger partial charge >= 0.3 is 0 Å². The van der Waals surface area contributed by atoms with Crippen molar-refractivity contribution >= 4 is 21.8 Å². The van der Waals surface area contributed by atoms with Crippen molar-refractivity contribution in [1.82, 2.24) is 14.2 Å². The maximum Gasteiger partial charge on any atom is 0.279 e. The second-order valence-electron chi connectivity index (χ2n) is 5.09. The lowest BCUT2D eigenvalue weighted by atomic mass is 10.2. The fourth-order valence-corrected chi connectivity index (χ4v) is 3.09. The highest BCUT2D eigenvalue weighted by molar-refractivity contribution is 7.87. The SMILES string of the molecule is Cc1noc(C)c1CNS(=O)(=O)N(C)Cc1c(F)cccc1Cl. The summed E-state index contributed by atoms with van der Waals surface area (Å²) >= 11 is 5.92. The van der Waals surface area contributed by atoms with Crippen LogP contribution in [0.3, 0.4) is 0 Å². The third kappa shape index (κ3) is 4.08. The average Bonchev–Trinajstić information content (AvgIpc) is 2.79. The van der Waals surface area contributed by atoms with Gasteiger partial charge in [0.05, 0.1) is 5.69 Å². The Bertz CT molecular complexity index is 768. The molecule has 1 aromatic carbocycles. The van der Waals surface area contributed by atoms with E-state index < -0.39 is 16.0 Å². The highest BCUT2D eigenvalue weighted by Gasteiger charge is 2.21. The van der Waals surface area contributed by atoms with Gasteiger partial charge in [-0.05, 0) is 26.0 Å². The zero-order chi connectivity index (χ0) is 17.2. The molecule has 2 aromatic rings. The van der Waals surface area contributed by atoms with Crippen LogP contribution < -0.4 is 4.72 Å². The van der Waals surface area contributed by atoms with Crippen molar-refractivity contribution in [2.45, 2.75) is 26.9 Å². The van der Waals surface area contributed by atoms with Gasteiger partial charge in [0.15, 0.2) is 0 Å². The summed E-state index contributed by atoms with van der Waals surface area (Å²) in [5.41, 5.74) is 1.41. The number of benzene rings is 1.